The Labute approximate surface area is 105 Å². The van der Waals surface area contributed by atoms with Crippen LogP contribution in [0, 0.1) is 11.8 Å². The molecular weight excluding hydrogens is 214 g/mol. The van der Waals surface area contributed by atoms with Gasteiger partial charge in [-0.25, -0.2) is 0 Å². The first-order chi connectivity index (χ1) is 7.95. The fraction of sp³-hybridized carbons (Fsp3) is 0.929. The van der Waals surface area contributed by atoms with Crippen LogP contribution in [0.1, 0.15) is 52.9 Å². The molecular formula is C14H27NO2. The second-order valence-electron chi connectivity index (χ2n) is 5.80. The molecule has 0 amide bonds. The monoisotopic (exact) mass is 241 g/mol. The second-order valence-corrected chi connectivity index (χ2v) is 5.80. The third-order valence-electron chi connectivity index (χ3n) is 4.43. The average Bonchev–Trinajstić information content (AvgIpc) is 2.51. The Hall–Kier alpha value is -0.570. The summed E-state index contributed by atoms with van der Waals surface area (Å²) in [4.78, 5) is 13.7. The lowest BCUT2D eigenvalue weighted by Gasteiger charge is -2.37. The molecule has 0 aromatic heterocycles. The van der Waals surface area contributed by atoms with Crippen molar-refractivity contribution in [3.05, 3.63) is 0 Å². The van der Waals surface area contributed by atoms with Gasteiger partial charge in [-0.2, -0.15) is 0 Å². The zero-order chi connectivity index (χ0) is 13.0. The van der Waals surface area contributed by atoms with Crippen molar-refractivity contribution < 1.29 is 9.90 Å². The number of nitrogens with zero attached hydrogens (tertiary/aromatic N) is 1. The number of hydrogen-bond acceptors (Lipinski definition) is 2. The lowest BCUT2D eigenvalue weighted by atomic mass is 9.91. The van der Waals surface area contributed by atoms with Gasteiger partial charge in [-0.1, -0.05) is 33.1 Å². The molecule has 0 bridgehead atoms. The van der Waals surface area contributed by atoms with E-state index in [2.05, 4.69) is 32.7 Å². The molecule has 0 spiro atoms. The summed E-state index contributed by atoms with van der Waals surface area (Å²) in [5.74, 6) is -0.221. The maximum Gasteiger partial charge on any atom is 0.308 e. The van der Waals surface area contributed by atoms with Crippen molar-refractivity contribution >= 4 is 5.97 Å². The number of carboxylic acids is 1. The maximum atomic E-state index is 11.4. The first kappa shape index (κ1) is 14.5. The summed E-state index contributed by atoms with van der Waals surface area (Å²) < 4.78 is 0. The van der Waals surface area contributed by atoms with Crippen molar-refractivity contribution in [2.75, 3.05) is 7.05 Å². The molecule has 0 aliphatic heterocycles. The molecule has 17 heavy (non-hydrogen) atoms. The normalized spacial score (nSPS) is 28.1. The molecule has 3 unspecified atom stereocenters. The summed E-state index contributed by atoms with van der Waals surface area (Å²) in [6.45, 7) is 6.61. The van der Waals surface area contributed by atoms with Gasteiger partial charge in [0.05, 0.1) is 5.92 Å². The Bertz CT molecular complexity index is 253. The third-order valence-corrected chi connectivity index (χ3v) is 4.43. The summed E-state index contributed by atoms with van der Waals surface area (Å²) in [6, 6.07) is 0.660. The average molecular weight is 241 g/mol. The number of rotatable bonds is 4. The number of hydrogen-bond donors (Lipinski definition) is 1. The highest BCUT2D eigenvalue weighted by molar-refractivity contribution is 5.70. The number of carbonyl (C=O) groups is 1. The lowest BCUT2D eigenvalue weighted by Crippen LogP contribution is -2.47. The smallest absolute Gasteiger partial charge is 0.308 e. The van der Waals surface area contributed by atoms with Gasteiger partial charge in [-0.05, 0) is 32.7 Å². The van der Waals surface area contributed by atoms with Gasteiger partial charge in [-0.3, -0.25) is 9.69 Å². The quantitative estimate of drug-likeness (QED) is 0.769. The third kappa shape index (κ3) is 3.70. The molecule has 1 rings (SSSR count). The van der Waals surface area contributed by atoms with Crippen LogP contribution in [0.25, 0.3) is 0 Å². The van der Waals surface area contributed by atoms with E-state index in [4.69, 9.17) is 0 Å². The molecule has 1 N–H and O–H groups in total. The zero-order valence-corrected chi connectivity index (χ0v) is 11.6. The van der Waals surface area contributed by atoms with Gasteiger partial charge in [0.2, 0.25) is 0 Å². The standard InChI is InChI=1S/C14H27NO2/c1-10(2)11(3)15(4)13-9-7-5-6-8-12(13)14(16)17/h10-13H,5-9H2,1-4H3,(H,16,17). The van der Waals surface area contributed by atoms with Gasteiger partial charge in [-0.15, -0.1) is 0 Å². The van der Waals surface area contributed by atoms with E-state index in [0.29, 0.717) is 12.0 Å². The van der Waals surface area contributed by atoms with Gasteiger partial charge < -0.3 is 5.11 Å². The van der Waals surface area contributed by atoms with Crippen molar-refractivity contribution in [2.24, 2.45) is 11.8 Å². The Kier molecular flexibility index (Phi) is 5.44. The summed E-state index contributed by atoms with van der Waals surface area (Å²) in [5, 5.41) is 9.38. The first-order valence-electron chi connectivity index (χ1n) is 6.90. The van der Waals surface area contributed by atoms with E-state index in [1.165, 1.54) is 12.8 Å². The molecule has 1 fully saturated rings. The van der Waals surface area contributed by atoms with Crippen LogP contribution in [-0.2, 0) is 4.79 Å². The molecule has 3 nitrogen and oxygen atoms in total. The van der Waals surface area contributed by atoms with Gasteiger partial charge in [0, 0.05) is 12.1 Å². The van der Waals surface area contributed by atoms with E-state index in [0.717, 1.165) is 19.3 Å². The van der Waals surface area contributed by atoms with E-state index >= 15 is 0 Å². The molecule has 0 heterocycles. The molecule has 1 aliphatic carbocycles. The molecule has 3 atom stereocenters. The van der Waals surface area contributed by atoms with E-state index in [-0.39, 0.29) is 12.0 Å². The van der Waals surface area contributed by atoms with E-state index in [1.807, 2.05) is 0 Å². The number of aliphatic carboxylic acids is 1. The van der Waals surface area contributed by atoms with Crippen molar-refractivity contribution in [2.45, 2.75) is 65.0 Å². The summed E-state index contributed by atoms with van der Waals surface area (Å²) in [6.07, 6.45) is 5.30. The van der Waals surface area contributed by atoms with Gasteiger partial charge in [0.15, 0.2) is 0 Å². The van der Waals surface area contributed by atoms with Crippen molar-refractivity contribution in [3.63, 3.8) is 0 Å². The Morgan fingerprint density at radius 3 is 2.29 bits per heavy atom. The number of carboxylic acid groups (broad SMARTS) is 1. The fourth-order valence-corrected chi connectivity index (χ4v) is 2.84. The van der Waals surface area contributed by atoms with E-state index < -0.39 is 5.97 Å². The summed E-state index contributed by atoms with van der Waals surface area (Å²) in [5.41, 5.74) is 0. The molecule has 0 aromatic rings. The summed E-state index contributed by atoms with van der Waals surface area (Å²) in [7, 11) is 2.09. The van der Waals surface area contributed by atoms with E-state index in [9.17, 15) is 9.90 Å². The van der Waals surface area contributed by atoms with Crippen LogP contribution in [-0.4, -0.2) is 35.1 Å². The molecule has 3 heteroatoms. The SMILES string of the molecule is CC(C)C(C)N(C)C1CCCCCC1C(=O)O. The molecule has 0 saturated heterocycles. The van der Waals surface area contributed by atoms with Gasteiger partial charge in [0.1, 0.15) is 0 Å². The largest absolute Gasteiger partial charge is 0.481 e. The topological polar surface area (TPSA) is 40.5 Å². The van der Waals surface area contributed by atoms with Crippen LogP contribution in [0.15, 0.2) is 0 Å². The highest BCUT2D eigenvalue weighted by atomic mass is 16.4. The minimum atomic E-state index is -0.611. The van der Waals surface area contributed by atoms with Crippen LogP contribution in [0.5, 0.6) is 0 Å². The Morgan fingerprint density at radius 1 is 1.18 bits per heavy atom. The predicted molar refractivity (Wildman–Crippen MR) is 70.1 cm³/mol. The Balaban J connectivity index is 2.78. The van der Waals surface area contributed by atoms with E-state index in [1.54, 1.807) is 0 Å². The van der Waals surface area contributed by atoms with Crippen molar-refractivity contribution in [1.29, 1.82) is 0 Å². The Morgan fingerprint density at radius 2 is 1.76 bits per heavy atom. The van der Waals surface area contributed by atoms with Crippen molar-refractivity contribution in [1.82, 2.24) is 4.90 Å². The summed E-state index contributed by atoms with van der Waals surface area (Å²) >= 11 is 0. The van der Waals surface area contributed by atoms with Crippen LogP contribution in [0.3, 0.4) is 0 Å². The molecule has 1 saturated carbocycles. The fourth-order valence-electron chi connectivity index (χ4n) is 2.84. The minimum Gasteiger partial charge on any atom is -0.481 e. The predicted octanol–water partition coefficient (Wildman–Crippen LogP) is 3.00. The second kappa shape index (κ2) is 6.39. The van der Waals surface area contributed by atoms with Crippen LogP contribution >= 0.6 is 0 Å². The van der Waals surface area contributed by atoms with Gasteiger partial charge >= 0.3 is 5.97 Å². The van der Waals surface area contributed by atoms with Gasteiger partial charge in [0.25, 0.3) is 0 Å². The van der Waals surface area contributed by atoms with Crippen molar-refractivity contribution in [3.8, 4) is 0 Å². The lowest BCUT2D eigenvalue weighted by molar-refractivity contribution is -0.144. The van der Waals surface area contributed by atoms with Crippen LogP contribution < -0.4 is 0 Å². The highest BCUT2D eigenvalue weighted by Crippen LogP contribution is 2.29. The molecule has 1 aliphatic rings. The zero-order valence-electron chi connectivity index (χ0n) is 11.6. The molecule has 0 radical (unpaired) electrons. The first-order valence-corrected chi connectivity index (χ1v) is 6.90. The maximum absolute atomic E-state index is 11.4. The molecule has 100 valence electrons. The highest BCUT2D eigenvalue weighted by Gasteiger charge is 2.34. The minimum absolute atomic E-state index is 0.177. The van der Waals surface area contributed by atoms with Crippen LogP contribution in [0.2, 0.25) is 0 Å². The molecule has 0 aromatic carbocycles. The van der Waals surface area contributed by atoms with Crippen LogP contribution in [0.4, 0.5) is 0 Å².